The molecule has 0 aliphatic carbocycles. The molecule has 5 heteroatoms. The number of hydrogen-bond acceptors (Lipinski definition) is 4. The third kappa shape index (κ3) is 4.58. The number of aryl methyl sites for hydroxylation is 1. The molecule has 0 aliphatic heterocycles. The number of hydrogen-bond donors (Lipinski definition) is 2. The van der Waals surface area contributed by atoms with Crippen LogP contribution in [0.1, 0.15) is 24.5 Å². The van der Waals surface area contributed by atoms with Gasteiger partial charge < -0.3 is 15.2 Å². The average Bonchev–Trinajstić information content (AvgIpc) is 3.07. The quantitative estimate of drug-likeness (QED) is 0.825. The Hall–Kier alpha value is -1.85. The van der Waals surface area contributed by atoms with Crippen molar-refractivity contribution in [2.45, 2.75) is 25.4 Å². The Morgan fingerprint density at radius 2 is 2.05 bits per heavy atom. The van der Waals surface area contributed by atoms with Crippen molar-refractivity contribution in [1.29, 1.82) is 0 Å². The minimum atomic E-state index is -1.03. The van der Waals surface area contributed by atoms with Gasteiger partial charge in [-0.3, -0.25) is 4.79 Å². The first-order valence-corrected chi connectivity index (χ1v) is 8.10. The molecule has 0 bridgehead atoms. The molecular formula is C17H21NO3S. The number of rotatable bonds is 7. The van der Waals surface area contributed by atoms with Gasteiger partial charge in [-0.05, 0) is 53.4 Å². The summed E-state index contributed by atoms with van der Waals surface area (Å²) in [5, 5.41) is 16.9. The van der Waals surface area contributed by atoms with Crippen LogP contribution >= 0.6 is 11.3 Å². The lowest BCUT2D eigenvalue weighted by atomic mass is 9.99. The highest BCUT2D eigenvalue weighted by Crippen LogP contribution is 2.22. The summed E-state index contributed by atoms with van der Waals surface area (Å²) in [6.45, 7) is 1.92. The van der Waals surface area contributed by atoms with Crippen molar-refractivity contribution in [2.75, 3.05) is 13.7 Å². The van der Waals surface area contributed by atoms with E-state index in [0.717, 1.165) is 16.9 Å². The lowest BCUT2D eigenvalue weighted by Gasteiger charge is -2.22. The fourth-order valence-electron chi connectivity index (χ4n) is 2.08. The monoisotopic (exact) mass is 319 g/mol. The first-order chi connectivity index (χ1) is 10.5. The van der Waals surface area contributed by atoms with Crippen LogP contribution in [0.5, 0.6) is 5.75 Å². The zero-order valence-electron chi connectivity index (χ0n) is 12.8. The molecule has 2 N–H and O–H groups in total. The van der Waals surface area contributed by atoms with Gasteiger partial charge >= 0.3 is 0 Å². The molecule has 0 aliphatic rings. The Morgan fingerprint density at radius 3 is 2.64 bits per heavy atom. The van der Waals surface area contributed by atoms with E-state index in [1.54, 1.807) is 14.0 Å². The second kappa shape index (κ2) is 7.42. The van der Waals surface area contributed by atoms with Gasteiger partial charge in [-0.25, -0.2) is 0 Å². The topological polar surface area (TPSA) is 58.6 Å². The number of carbonyl (C=O) groups is 1. The van der Waals surface area contributed by atoms with Crippen molar-refractivity contribution >= 4 is 17.2 Å². The smallest absolute Gasteiger partial charge is 0.220 e. The van der Waals surface area contributed by atoms with E-state index in [0.29, 0.717) is 12.8 Å². The molecule has 1 aromatic heterocycles. The van der Waals surface area contributed by atoms with E-state index < -0.39 is 5.60 Å². The molecule has 22 heavy (non-hydrogen) atoms. The maximum atomic E-state index is 11.9. The summed E-state index contributed by atoms with van der Waals surface area (Å²) in [6, 6.07) is 9.54. The van der Waals surface area contributed by atoms with Crippen molar-refractivity contribution in [3.8, 4) is 5.75 Å². The van der Waals surface area contributed by atoms with Crippen molar-refractivity contribution in [1.82, 2.24) is 5.32 Å². The molecule has 2 aromatic rings. The van der Waals surface area contributed by atoms with Crippen LogP contribution in [-0.4, -0.2) is 24.7 Å². The molecule has 118 valence electrons. The second-order valence-electron chi connectivity index (χ2n) is 5.41. The van der Waals surface area contributed by atoms with E-state index in [9.17, 15) is 9.90 Å². The van der Waals surface area contributed by atoms with Gasteiger partial charge in [0.05, 0.1) is 13.7 Å². The molecule has 4 nitrogen and oxygen atoms in total. The fourth-order valence-corrected chi connectivity index (χ4v) is 2.86. The van der Waals surface area contributed by atoms with Gasteiger partial charge in [-0.15, -0.1) is 0 Å². The number of carbonyl (C=O) groups excluding carboxylic acids is 1. The van der Waals surface area contributed by atoms with Gasteiger partial charge in [-0.1, -0.05) is 12.1 Å². The van der Waals surface area contributed by atoms with Crippen molar-refractivity contribution < 1.29 is 14.6 Å². The van der Waals surface area contributed by atoms with E-state index in [1.807, 2.05) is 41.1 Å². The Balaban J connectivity index is 1.78. The Morgan fingerprint density at radius 1 is 1.32 bits per heavy atom. The molecule has 1 unspecified atom stereocenters. The molecular weight excluding hydrogens is 298 g/mol. The minimum absolute atomic E-state index is 0.0636. The zero-order valence-corrected chi connectivity index (χ0v) is 13.7. The lowest BCUT2D eigenvalue weighted by Crippen LogP contribution is -2.38. The summed E-state index contributed by atoms with van der Waals surface area (Å²) in [4.78, 5) is 11.9. The van der Waals surface area contributed by atoms with Gasteiger partial charge in [0.25, 0.3) is 0 Å². The van der Waals surface area contributed by atoms with E-state index in [1.165, 1.54) is 11.3 Å². The normalized spacial score (nSPS) is 13.4. The average molecular weight is 319 g/mol. The third-order valence-corrected chi connectivity index (χ3v) is 4.26. The van der Waals surface area contributed by atoms with Gasteiger partial charge in [0.1, 0.15) is 11.4 Å². The number of nitrogens with one attached hydrogen (secondary N) is 1. The summed E-state index contributed by atoms with van der Waals surface area (Å²) in [5.74, 6) is 0.742. The van der Waals surface area contributed by atoms with E-state index in [4.69, 9.17) is 4.74 Å². The van der Waals surface area contributed by atoms with Gasteiger partial charge in [0.2, 0.25) is 5.91 Å². The molecule has 0 saturated heterocycles. The summed E-state index contributed by atoms with van der Waals surface area (Å²) in [6.07, 6.45) is 1.06. The largest absolute Gasteiger partial charge is 0.497 e. The predicted octanol–water partition coefficient (Wildman–Crippen LogP) is 2.71. The predicted molar refractivity (Wildman–Crippen MR) is 88.2 cm³/mol. The molecule has 1 atom stereocenters. The van der Waals surface area contributed by atoms with E-state index >= 15 is 0 Å². The summed E-state index contributed by atoms with van der Waals surface area (Å²) < 4.78 is 5.10. The number of benzene rings is 1. The Kier molecular flexibility index (Phi) is 5.57. The van der Waals surface area contributed by atoms with Gasteiger partial charge in [-0.2, -0.15) is 11.3 Å². The van der Waals surface area contributed by atoms with Gasteiger partial charge in [0.15, 0.2) is 0 Å². The number of amides is 1. The summed E-state index contributed by atoms with van der Waals surface area (Å²) in [7, 11) is 1.63. The Bertz CT molecular complexity index is 591. The number of methoxy groups -OCH3 is 1. The van der Waals surface area contributed by atoms with Crippen molar-refractivity contribution in [3.05, 3.63) is 52.2 Å². The summed E-state index contributed by atoms with van der Waals surface area (Å²) in [5.41, 5.74) is 0.879. The van der Waals surface area contributed by atoms with Crippen LogP contribution in [0.2, 0.25) is 0 Å². The number of thiophene rings is 1. The third-order valence-electron chi connectivity index (χ3n) is 3.57. The molecule has 1 amide bonds. The highest BCUT2D eigenvalue weighted by Gasteiger charge is 2.23. The highest BCUT2D eigenvalue weighted by atomic mass is 32.1. The molecule has 0 spiro atoms. The van der Waals surface area contributed by atoms with Gasteiger partial charge in [0, 0.05) is 6.42 Å². The molecule has 0 radical (unpaired) electrons. The maximum absolute atomic E-state index is 11.9. The number of aliphatic hydroxyl groups is 1. The molecule has 2 rings (SSSR count). The number of ether oxygens (including phenoxy) is 1. The van der Waals surface area contributed by atoms with Crippen molar-refractivity contribution in [3.63, 3.8) is 0 Å². The Labute approximate surface area is 134 Å². The summed E-state index contributed by atoms with van der Waals surface area (Å²) >= 11 is 1.53. The van der Waals surface area contributed by atoms with E-state index in [-0.39, 0.29) is 12.5 Å². The van der Waals surface area contributed by atoms with Crippen LogP contribution < -0.4 is 10.1 Å². The van der Waals surface area contributed by atoms with Crippen LogP contribution in [0.15, 0.2) is 41.1 Å². The van der Waals surface area contributed by atoms with Crippen molar-refractivity contribution in [2.24, 2.45) is 0 Å². The highest BCUT2D eigenvalue weighted by molar-refractivity contribution is 7.08. The molecule has 1 heterocycles. The SMILES string of the molecule is COc1ccc(CCC(=O)NCC(C)(O)c2ccsc2)cc1. The van der Waals surface area contributed by atoms with Crippen LogP contribution in [0.4, 0.5) is 0 Å². The molecule has 1 aromatic carbocycles. The first-order valence-electron chi connectivity index (χ1n) is 7.16. The molecule has 0 fully saturated rings. The van der Waals surface area contributed by atoms with E-state index in [2.05, 4.69) is 5.32 Å². The molecule has 0 saturated carbocycles. The minimum Gasteiger partial charge on any atom is -0.497 e. The fraction of sp³-hybridized carbons (Fsp3) is 0.353. The first kappa shape index (κ1) is 16.5. The lowest BCUT2D eigenvalue weighted by molar-refractivity contribution is -0.122. The maximum Gasteiger partial charge on any atom is 0.220 e. The van der Waals surface area contributed by atoms with Crippen LogP contribution in [0.3, 0.4) is 0 Å². The van der Waals surface area contributed by atoms with Crippen LogP contribution in [0, 0.1) is 0 Å². The van der Waals surface area contributed by atoms with Crippen LogP contribution in [-0.2, 0) is 16.8 Å². The standard InChI is InChI=1S/C17H21NO3S/c1-17(20,14-9-10-22-11-14)12-18-16(19)8-5-13-3-6-15(21-2)7-4-13/h3-4,6-7,9-11,20H,5,8,12H2,1-2H3,(H,18,19). The second-order valence-corrected chi connectivity index (χ2v) is 6.19. The van der Waals surface area contributed by atoms with Crippen LogP contribution in [0.25, 0.3) is 0 Å². The zero-order chi connectivity index (χ0) is 16.0.